The average molecular weight is 411 g/mol. The summed E-state index contributed by atoms with van der Waals surface area (Å²) >= 11 is 1.65. The van der Waals surface area contributed by atoms with Gasteiger partial charge >= 0.3 is 6.18 Å². The lowest BCUT2D eigenvalue weighted by atomic mass is 10.1. The van der Waals surface area contributed by atoms with E-state index in [9.17, 15) is 18.0 Å². The fourth-order valence-electron chi connectivity index (χ4n) is 3.34. The lowest BCUT2D eigenvalue weighted by Gasteiger charge is -2.37. The van der Waals surface area contributed by atoms with Crippen LogP contribution >= 0.6 is 11.3 Å². The van der Waals surface area contributed by atoms with Crippen molar-refractivity contribution < 1.29 is 18.0 Å². The van der Waals surface area contributed by atoms with Crippen LogP contribution in [-0.2, 0) is 17.4 Å². The Hall–Kier alpha value is -1.90. The van der Waals surface area contributed by atoms with Crippen LogP contribution < -0.4 is 5.32 Å². The normalized spacial score (nSPS) is 17.4. The number of hydrogen-bond acceptors (Lipinski definition) is 4. The quantitative estimate of drug-likeness (QED) is 0.791. The first kappa shape index (κ1) is 20.8. The lowest BCUT2D eigenvalue weighted by molar-refractivity contribution is -0.137. The van der Waals surface area contributed by atoms with Crippen LogP contribution in [0.3, 0.4) is 0 Å². The number of likely N-dealkylation sites (N-methyl/N-ethyl adjacent to an activating group) is 1. The highest BCUT2D eigenvalue weighted by Crippen LogP contribution is 2.29. The molecular formula is C20H24F3N3OS. The monoisotopic (exact) mass is 411 g/mol. The number of hydrogen-bond donors (Lipinski definition) is 1. The van der Waals surface area contributed by atoms with E-state index in [1.165, 1.54) is 10.9 Å². The molecule has 0 saturated carbocycles. The molecule has 0 unspecified atom stereocenters. The van der Waals surface area contributed by atoms with Crippen LogP contribution in [0.25, 0.3) is 0 Å². The maximum Gasteiger partial charge on any atom is 0.416 e. The second kappa shape index (κ2) is 9.07. The molecule has 0 aliphatic carbocycles. The van der Waals surface area contributed by atoms with Gasteiger partial charge in [0.05, 0.1) is 18.0 Å². The van der Waals surface area contributed by atoms with E-state index in [2.05, 4.69) is 28.2 Å². The molecule has 1 fully saturated rings. The summed E-state index contributed by atoms with van der Waals surface area (Å²) in [4.78, 5) is 18.2. The number of piperazine rings is 1. The van der Waals surface area contributed by atoms with Crippen molar-refractivity contribution >= 4 is 17.2 Å². The number of thiophene rings is 1. The Morgan fingerprint density at radius 2 is 1.93 bits per heavy atom. The van der Waals surface area contributed by atoms with E-state index < -0.39 is 11.7 Å². The van der Waals surface area contributed by atoms with Gasteiger partial charge in [0, 0.05) is 37.6 Å². The van der Waals surface area contributed by atoms with Crippen LogP contribution in [0.4, 0.5) is 13.2 Å². The molecule has 1 aliphatic heterocycles. The molecule has 2 aromatic rings. The van der Waals surface area contributed by atoms with Gasteiger partial charge in [-0.25, -0.2) is 0 Å². The third-order valence-corrected chi connectivity index (χ3v) is 5.94. The Morgan fingerprint density at radius 3 is 2.57 bits per heavy atom. The summed E-state index contributed by atoms with van der Waals surface area (Å²) in [7, 11) is 2.09. The molecule has 1 N–H and O–H groups in total. The molecule has 4 nitrogen and oxygen atoms in total. The molecule has 28 heavy (non-hydrogen) atoms. The number of nitrogens with zero attached hydrogens (tertiary/aromatic N) is 2. The first-order chi connectivity index (χ1) is 13.3. The first-order valence-corrected chi connectivity index (χ1v) is 10.1. The summed E-state index contributed by atoms with van der Waals surface area (Å²) in [5, 5.41) is 4.93. The van der Waals surface area contributed by atoms with Crippen molar-refractivity contribution in [2.24, 2.45) is 0 Å². The van der Waals surface area contributed by atoms with Gasteiger partial charge in [0.15, 0.2) is 0 Å². The average Bonchev–Trinajstić information content (AvgIpc) is 3.17. The van der Waals surface area contributed by atoms with E-state index in [4.69, 9.17) is 0 Å². The third-order valence-electron chi connectivity index (χ3n) is 4.96. The zero-order chi connectivity index (χ0) is 20.1. The number of carbonyl (C=O) groups excluding carboxylic acids is 1. The number of alkyl halides is 3. The van der Waals surface area contributed by atoms with Crippen molar-refractivity contribution in [3.05, 3.63) is 57.8 Å². The van der Waals surface area contributed by atoms with Crippen molar-refractivity contribution in [1.82, 2.24) is 15.1 Å². The topological polar surface area (TPSA) is 35.6 Å². The van der Waals surface area contributed by atoms with E-state index in [-0.39, 0.29) is 18.4 Å². The minimum atomic E-state index is -4.40. The molecule has 152 valence electrons. The number of benzene rings is 1. The van der Waals surface area contributed by atoms with Crippen LogP contribution in [0.15, 0.2) is 41.8 Å². The second-order valence-corrected chi connectivity index (χ2v) is 8.03. The van der Waals surface area contributed by atoms with E-state index in [1.54, 1.807) is 17.4 Å². The van der Waals surface area contributed by atoms with E-state index >= 15 is 0 Å². The van der Waals surface area contributed by atoms with Crippen LogP contribution in [-0.4, -0.2) is 55.5 Å². The lowest BCUT2D eigenvalue weighted by Crippen LogP contribution is -2.48. The Kier molecular flexibility index (Phi) is 6.74. The minimum Gasteiger partial charge on any atom is -0.354 e. The Morgan fingerprint density at radius 1 is 1.18 bits per heavy atom. The highest BCUT2D eigenvalue weighted by molar-refractivity contribution is 7.10. The maximum atomic E-state index is 12.8. The number of halogens is 3. The molecule has 1 aromatic heterocycles. The molecule has 0 bridgehead atoms. The van der Waals surface area contributed by atoms with Crippen molar-refractivity contribution in [1.29, 1.82) is 0 Å². The SMILES string of the molecule is CN1CCN([C@H](CNC(=O)Cc2cccc(C(F)(F)F)c2)c2cccs2)CC1. The van der Waals surface area contributed by atoms with Crippen molar-refractivity contribution in [2.45, 2.75) is 18.6 Å². The largest absolute Gasteiger partial charge is 0.416 e. The summed E-state index contributed by atoms with van der Waals surface area (Å²) in [6.45, 7) is 4.23. The Balaban J connectivity index is 1.61. The fourth-order valence-corrected chi connectivity index (χ4v) is 4.20. The van der Waals surface area contributed by atoms with Crippen molar-refractivity contribution in [3.8, 4) is 0 Å². The molecule has 0 spiro atoms. The molecule has 3 rings (SSSR count). The standard InChI is InChI=1S/C20H24F3N3OS/c1-25-7-9-26(10-8-25)17(18-6-3-11-28-18)14-24-19(27)13-15-4-2-5-16(12-15)20(21,22)23/h2-6,11-12,17H,7-10,13-14H2,1H3,(H,24,27)/t17-/m1/s1. The number of carbonyl (C=O) groups is 1. The van der Waals surface area contributed by atoms with Crippen LogP contribution in [0.1, 0.15) is 22.0 Å². The molecule has 1 saturated heterocycles. The predicted molar refractivity (Wildman–Crippen MR) is 104 cm³/mol. The van der Waals surface area contributed by atoms with E-state index in [1.807, 2.05) is 11.4 Å². The van der Waals surface area contributed by atoms with Gasteiger partial charge in [-0.1, -0.05) is 24.3 Å². The van der Waals surface area contributed by atoms with Gasteiger partial charge in [-0.15, -0.1) is 11.3 Å². The highest BCUT2D eigenvalue weighted by Gasteiger charge is 2.30. The van der Waals surface area contributed by atoms with Crippen LogP contribution in [0.2, 0.25) is 0 Å². The highest BCUT2D eigenvalue weighted by atomic mass is 32.1. The summed E-state index contributed by atoms with van der Waals surface area (Å²) in [6, 6.07) is 9.08. The molecule has 2 heterocycles. The summed E-state index contributed by atoms with van der Waals surface area (Å²) in [5.41, 5.74) is -0.369. The number of nitrogens with one attached hydrogen (secondary N) is 1. The predicted octanol–water partition coefficient (Wildman–Crippen LogP) is 3.41. The summed E-state index contributed by atoms with van der Waals surface area (Å²) in [6.07, 6.45) is -4.47. The molecule has 1 aliphatic rings. The molecule has 1 atom stereocenters. The Labute approximate surface area is 167 Å². The fraction of sp³-hybridized carbons (Fsp3) is 0.450. The van der Waals surface area contributed by atoms with Gasteiger partial charge < -0.3 is 10.2 Å². The summed E-state index contributed by atoms with van der Waals surface area (Å²) in [5.74, 6) is -0.269. The maximum absolute atomic E-state index is 12.8. The molecular weight excluding hydrogens is 387 g/mol. The van der Waals surface area contributed by atoms with Gasteiger partial charge in [-0.2, -0.15) is 13.2 Å². The van der Waals surface area contributed by atoms with E-state index in [0.717, 1.165) is 38.3 Å². The summed E-state index contributed by atoms with van der Waals surface area (Å²) < 4.78 is 38.5. The van der Waals surface area contributed by atoms with Crippen molar-refractivity contribution in [3.63, 3.8) is 0 Å². The van der Waals surface area contributed by atoms with Gasteiger partial charge in [0.25, 0.3) is 0 Å². The zero-order valence-corrected chi connectivity index (χ0v) is 16.5. The molecule has 1 amide bonds. The smallest absolute Gasteiger partial charge is 0.354 e. The molecule has 1 aromatic carbocycles. The van der Waals surface area contributed by atoms with Gasteiger partial charge in [0.1, 0.15) is 0 Å². The zero-order valence-electron chi connectivity index (χ0n) is 15.7. The van der Waals surface area contributed by atoms with Crippen molar-refractivity contribution in [2.75, 3.05) is 39.8 Å². The molecule has 8 heteroatoms. The first-order valence-electron chi connectivity index (χ1n) is 9.22. The van der Waals surface area contributed by atoms with Crippen LogP contribution in [0.5, 0.6) is 0 Å². The third kappa shape index (κ3) is 5.56. The van der Waals surface area contributed by atoms with Crippen LogP contribution in [0, 0.1) is 0 Å². The van der Waals surface area contributed by atoms with E-state index in [0.29, 0.717) is 12.1 Å². The van der Waals surface area contributed by atoms with Gasteiger partial charge in [0.2, 0.25) is 5.91 Å². The number of rotatable bonds is 6. The van der Waals surface area contributed by atoms with Gasteiger partial charge in [-0.3, -0.25) is 9.69 Å². The second-order valence-electron chi connectivity index (χ2n) is 7.05. The minimum absolute atomic E-state index is 0.0657. The number of amides is 1. The molecule has 0 radical (unpaired) electrons. The van der Waals surface area contributed by atoms with Gasteiger partial charge in [-0.05, 0) is 30.1 Å². The Bertz CT molecular complexity index is 771.